The van der Waals surface area contributed by atoms with Crippen molar-refractivity contribution in [1.29, 1.82) is 0 Å². The molecule has 0 aliphatic carbocycles. The van der Waals surface area contributed by atoms with Gasteiger partial charge in [-0.15, -0.1) is 5.10 Å². The second-order valence-electron chi connectivity index (χ2n) is 14.9. The summed E-state index contributed by atoms with van der Waals surface area (Å²) >= 11 is 0. The van der Waals surface area contributed by atoms with Crippen LogP contribution in [-0.4, -0.2) is 88.0 Å². The maximum absolute atomic E-state index is 15.1. The van der Waals surface area contributed by atoms with Crippen LogP contribution in [-0.2, 0) is 63.3 Å². The third-order valence-corrected chi connectivity index (χ3v) is 13.3. The van der Waals surface area contributed by atoms with E-state index < -0.39 is 50.3 Å². The number of hydrogen-bond acceptors (Lipinski definition) is 12. The normalized spacial score (nSPS) is 26.2. The highest BCUT2D eigenvalue weighted by atomic mass is 28.4. The van der Waals surface area contributed by atoms with Crippen molar-refractivity contribution >= 4 is 55.0 Å². The maximum atomic E-state index is 15.1. The maximum Gasteiger partial charge on any atom is 0.304 e. The summed E-state index contributed by atoms with van der Waals surface area (Å²) in [5, 5.41) is 17.6. The number of anilines is 3. The molecule has 1 spiro atoms. The summed E-state index contributed by atoms with van der Waals surface area (Å²) in [6.45, 7) is 8.66. The van der Waals surface area contributed by atoms with Gasteiger partial charge in [0, 0.05) is 68.0 Å². The van der Waals surface area contributed by atoms with E-state index in [0.29, 0.717) is 47.7 Å². The van der Waals surface area contributed by atoms with E-state index in [0.717, 1.165) is 5.56 Å². The number of benzene rings is 2. The van der Waals surface area contributed by atoms with Gasteiger partial charge in [-0.05, 0) is 55.4 Å². The number of amides is 3. The van der Waals surface area contributed by atoms with E-state index >= 15 is 4.79 Å². The zero-order chi connectivity index (χ0) is 38.7. The van der Waals surface area contributed by atoms with Gasteiger partial charge in [0.1, 0.15) is 0 Å². The van der Waals surface area contributed by atoms with E-state index in [9.17, 15) is 29.1 Å². The largest absolute Gasteiger partial charge is 0.441 e. The molecule has 16 nitrogen and oxygen atoms in total. The highest BCUT2D eigenvalue weighted by Gasteiger charge is 2.66. The summed E-state index contributed by atoms with van der Waals surface area (Å²) in [6.07, 6.45) is 0.692. The van der Waals surface area contributed by atoms with Gasteiger partial charge >= 0.3 is 11.9 Å². The van der Waals surface area contributed by atoms with Crippen molar-refractivity contribution in [2.45, 2.75) is 102 Å². The summed E-state index contributed by atoms with van der Waals surface area (Å²) < 4.78 is 19.3. The minimum atomic E-state index is -3.00. The van der Waals surface area contributed by atoms with Gasteiger partial charge < -0.3 is 29.0 Å². The van der Waals surface area contributed by atoms with Gasteiger partial charge in [-0.1, -0.05) is 24.3 Å². The van der Waals surface area contributed by atoms with E-state index in [2.05, 4.69) is 10.3 Å². The Morgan fingerprint density at radius 2 is 1.57 bits per heavy atom. The molecular formula is C37H44N6O10Si. The van der Waals surface area contributed by atoms with Crippen LogP contribution in [0.2, 0.25) is 18.6 Å². The number of carbonyl (C=O) groups is 5. The Balaban J connectivity index is 1.24. The number of hydrogen-bond donors (Lipinski definition) is 2. The number of aryl methyl sites for hydroxylation is 1. The Kier molecular flexibility index (Phi) is 9.70. The number of aliphatic hydroxyl groups excluding tert-OH is 1. The first-order valence-electron chi connectivity index (χ1n) is 18.1. The van der Waals surface area contributed by atoms with Crippen LogP contribution in [0.15, 0.2) is 48.7 Å². The Labute approximate surface area is 312 Å². The first-order valence-corrected chi connectivity index (χ1v) is 21.1. The van der Waals surface area contributed by atoms with Gasteiger partial charge in [-0.3, -0.25) is 38.5 Å². The lowest BCUT2D eigenvalue weighted by atomic mass is 9.82. The molecule has 3 saturated heterocycles. The Morgan fingerprint density at radius 3 is 2.15 bits per heavy atom. The van der Waals surface area contributed by atoms with Crippen LogP contribution in [0.3, 0.4) is 0 Å². The molecular weight excluding hydrogens is 717 g/mol. The third-order valence-electron chi connectivity index (χ3n) is 10.8. The number of esters is 2. The highest BCUT2D eigenvalue weighted by Crippen LogP contribution is 2.60. The molecule has 2 aromatic carbocycles. The van der Waals surface area contributed by atoms with E-state index in [1.54, 1.807) is 58.2 Å². The molecule has 0 saturated carbocycles. The Morgan fingerprint density at radius 1 is 0.963 bits per heavy atom. The van der Waals surface area contributed by atoms with Crippen LogP contribution in [0.5, 0.6) is 0 Å². The van der Waals surface area contributed by atoms with Gasteiger partial charge in [0.15, 0.2) is 26.4 Å². The number of aliphatic hydroxyl groups is 1. The third kappa shape index (κ3) is 6.48. The van der Waals surface area contributed by atoms with Gasteiger partial charge in [-0.25, -0.2) is 0 Å². The molecule has 0 bridgehead atoms. The van der Waals surface area contributed by atoms with Crippen molar-refractivity contribution in [1.82, 2.24) is 15.0 Å². The molecule has 286 valence electrons. The van der Waals surface area contributed by atoms with Crippen LogP contribution in [0.25, 0.3) is 0 Å². The fraction of sp³-hybridized carbons (Fsp3) is 0.486. The van der Waals surface area contributed by atoms with Gasteiger partial charge in [0.2, 0.25) is 11.8 Å². The van der Waals surface area contributed by atoms with Crippen LogP contribution in [0.1, 0.15) is 56.9 Å². The molecule has 17 heteroatoms. The zero-order valence-electron chi connectivity index (χ0n) is 30.8. The molecule has 3 aromatic rings. The molecule has 1 aromatic heterocycles. The molecule has 5 heterocycles. The lowest BCUT2D eigenvalue weighted by Crippen LogP contribution is -2.55. The van der Waals surface area contributed by atoms with Crippen molar-refractivity contribution in [2.24, 2.45) is 5.92 Å². The molecule has 3 amide bonds. The lowest BCUT2D eigenvalue weighted by molar-refractivity contribution is -0.155. The van der Waals surface area contributed by atoms with Crippen molar-refractivity contribution in [3.63, 3.8) is 0 Å². The Hall–Kier alpha value is -4.97. The molecule has 4 aliphatic heterocycles. The fourth-order valence-corrected chi connectivity index (χ4v) is 11.1. The van der Waals surface area contributed by atoms with Gasteiger partial charge in [0.25, 0.3) is 5.91 Å². The van der Waals surface area contributed by atoms with Crippen molar-refractivity contribution in [3.05, 3.63) is 65.5 Å². The average molecular weight is 761 g/mol. The highest BCUT2D eigenvalue weighted by molar-refractivity contribution is 6.71. The van der Waals surface area contributed by atoms with Gasteiger partial charge in [0.05, 0.1) is 36.9 Å². The first-order chi connectivity index (χ1) is 25.6. The van der Waals surface area contributed by atoms with Crippen molar-refractivity contribution < 1.29 is 48.1 Å². The van der Waals surface area contributed by atoms with E-state index in [1.807, 2.05) is 20.0 Å². The molecule has 4 aliphatic rings. The summed E-state index contributed by atoms with van der Waals surface area (Å²) in [5.41, 5.74) is 1.62. The van der Waals surface area contributed by atoms with E-state index in [-0.39, 0.29) is 49.3 Å². The van der Waals surface area contributed by atoms with Crippen molar-refractivity contribution in [3.8, 4) is 0 Å². The second kappa shape index (κ2) is 14.0. The number of fused-ring (bicyclic) bond motifs is 2. The number of rotatable bonds is 12. The SMILES string of the molecule is CC(=O)OC1CC(=O)N1c1ccc(CN2C(=O)[C@]3(O[C@H](CCn4cc(CCO)nn4)[C@@H]([Si](C)(C)O)[C@@H]3C)c3cc(N4C(=O)CC4OC(C)=O)ccc32)cc1. The molecule has 2 N–H and O–H groups in total. The number of nitrogens with zero attached hydrogens (tertiary/aromatic N) is 6. The quantitative estimate of drug-likeness (QED) is 0.156. The molecule has 7 rings (SSSR count). The monoisotopic (exact) mass is 760 g/mol. The average Bonchev–Trinajstić information content (AvgIpc) is 3.73. The lowest BCUT2D eigenvalue weighted by Gasteiger charge is -2.39. The van der Waals surface area contributed by atoms with E-state index in [4.69, 9.17) is 14.2 Å². The number of aromatic nitrogens is 3. The number of β-lactam (4-membered cyclic amide) rings is 2. The standard InChI is InChI=1S/C37H44N6O10Si/c1-21-35(54(4,5)50)30(12-14-40-20-25(13-15-44)38-39-40)53-37(21)28-16-27(43-32(48)18-34(43)52-23(3)46)10-11-29(28)41(36(37)49)19-24-6-8-26(9-7-24)42-31(47)17-33(42)51-22(2)45/h6-11,16,20-21,30,33-35,44,50H,12-15,17-19H2,1-5H3/t21-,30+,33?,34?,35-,37+/m0/s1. The number of carbonyl (C=O) groups excluding carboxylic acids is 5. The predicted octanol–water partition coefficient (Wildman–Crippen LogP) is 2.50. The summed E-state index contributed by atoms with van der Waals surface area (Å²) in [6, 6.07) is 12.3. The number of ether oxygens (including phenoxy) is 3. The van der Waals surface area contributed by atoms with Gasteiger partial charge in [-0.2, -0.15) is 0 Å². The molecule has 0 radical (unpaired) electrons. The van der Waals surface area contributed by atoms with Crippen LogP contribution in [0.4, 0.5) is 17.1 Å². The summed E-state index contributed by atoms with van der Waals surface area (Å²) in [4.78, 5) is 79.9. The van der Waals surface area contributed by atoms with Crippen molar-refractivity contribution in [2.75, 3.05) is 21.3 Å². The second-order valence-corrected chi connectivity index (χ2v) is 18.9. The Bertz CT molecular complexity index is 2000. The topological polar surface area (TPSA) is 194 Å². The minimum absolute atomic E-state index is 0.0389. The first kappa shape index (κ1) is 37.3. The van der Waals surface area contributed by atoms with Crippen LogP contribution < -0.4 is 14.7 Å². The molecule has 6 atom stereocenters. The fourth-order valence-electron chi connectivity index (χ4n) is 8.49. The molecule has 54 heavy (non-hydrogen) atoms. The van der Waals surface area contributed by atoms with Crippen LogP contribution in [0, 0.1) is 5.92 Å². The summed E-state index contributed by atoms with van der Waals surface area (Å²) in [7, 11) is -3.00. The molecule has 3 fully saturated rings. The molecule has 2 unspecified atom stereocenters. The smallest absolute Gasteiger partial charge is 0.304 e. The summed E-state index contributed by atoms with van der Waals surface area (Å²) in [5.74, 6) is -2.22. The zero-order valence-corrected chi connectivity index (χ0v) is 31.8. The van der Waals surface area contributed by atoms with Crippen LogP contribution >= 0.6 is 0 Å². The van der Waals surface area contributed by atoms with E-state index in [1.165, 1.54) is 23.6 Å². The predicted molar refractivity (Wildman–Crippen MR) is 194 cm³/mol. The minimum Gasteiger partial charge on any atom is -0.441 e.